The minimum absolute atomic E-state index is 0.0431. The van der Waals surface area contributed by atoms with E-state index in [1.165, 1.54) is 17.3 Å². The van der Waals surface area contributed by atoms with Gasteiger partial charge in [0.1, 0.15) is 13.2 Å². The molecule has 0 aliphatic carbocycles. The maximum absolute atomic E-state index is 12.5. The molecule has 1 N–H and O–H groups in total. The van der Waals surface area contributed by atoms with E-state index in [9.17, 15) is 4.79 Å². The van der Waals surface area contributed by atoms with E-state index >= 15 is 0 Å². The van der Waals surface area contributed by atoms with Crippen LogP contribution in [0.25, 0.3) is 11.3 Å². The van der Waals surface area contributed by atoms with Crippen molar-refractivity contribution in [2.24, 2.45) is 0 Å². The highest BCUT2D eigenvalue weighted by Gasteiger charge is 2.17. The van der Waals surface area contributed by atoms with Gasteiger partial charge in [-0.25, -0.2) is 4.98 Å². The Morgan fingerprint density at radius 3 is 2.70 bits per heavy atom. The number of ether oxygens (including phenoxy) is 2. The third-order valence-corrected chi connectivity index (χ3v) is 5.95. The molecule has 0 atom stereocenters. The Hall–Kier alpha value is -2.93. The molecule has 30 heavy (non-hydrogen) atoms. The van der Waals surface area contributed by atoms with Gasteiger partial charge >= 0.3 is 0 Å². The Morgan fingerprint density at radius 2 is 1.93 bits per heavy atom. The van der Waals surface area contributed by atoms with Crippen LogP contribution in [0.1, 0.15) is 18.1 Å². The lowest BCUT2D eigenvalue weighted by Crippen LogP contribution is -2.15. The number of rotatable bonds is 6. The zero-order chi connectivity index (χ0) is 21.1. The monoisotopic (exact) mass is 423 g/mol. The van der Waals surface area contributed by atoms with E-state index < -0.39 is 0 Å². The number of benzene rings is 2. The Bertz CT molecular complexity index is 1080. The summed E-state index contributed by atoms with van der Waals surface area (Å²) in [6.45, 7) is 8.00. The summed E-state index contributed by atoms with van der Waals surface area (Å²) < 4.78 is 13.4. The van der Waals surface area contributed by atoms with Gasteiger partial charge in [0.2, 0.25) is 5.91 Å². The van der Waals surface area contributed by atoms with E-state index in [0.29, 0.717) is 19.0 Å². The smallest absolute Gasteiger partial charge is 0.234 e. The molecule has 6 nitrogen and oxygen atoms in total. The van der Waals surface area contributed by atoms with Gasteiger partial charge in [-0.3, -0.25) is 4.79 Å². The SMILES string of the molecule is CCn1c(-c2ccc3c(c2)OCCO3)cnc1SCC(=O)Nc1ccc(C)cc1C. The van der Waals surface area contributed by atoms with Crippen LogP contribution in [0.4, 0.5) is 5.69 Å². The average Bonchev–Trinajstić information content (AvgIpc) is 3.17. The third kappa shape index (κ3) is 4.31. The number of carbonyl (C=O) groups excluding carboxylic acids is 1. The first-order chi connectivity index (χ1) is 14.5. The lowest BCUT2D eigenvalue weighted by Gasteiger charge is -2.19. The molecule has 1 aromatic heterocycles. The molecule has 4 rings (SSSR count). The fourth-order valence-corrected chi connectivity index (χ4v) is 4.33. The molecule has 1 aliphatic heterocycles. The number of carbonyl (C=O) groups is 1. The Labute approximate surface area is 180 Å². The van der Waals surface area contributed by atoms with Crippen molar-refractivity contribution in [3.8, 4) is 22.8 Å². The number of fused-ring (bicyclic) bond motifs is 1. The molecular formula is C23H25N3O3S. The maximum Gasteiger partial charge on any atom is 0.234 e. The Morgan fingerprint density at radius 1 is 1.13 bits per heavy atom. The Kier molecular flexibility index (Phi) is 5.99. The molecule has 156 valence electrons. The summed E-state index contributed by atoms with van der Waals surface area (Å²) in [5.41, 5.74) is 5.09. The number of aromatic nitrogens is 2. The Balaban J connectivity index is 1.46. The standard InChI is InChI=1S/C23H25N3O3S/c1-4-26-19(17-6-8-20-21(12-17)29-10-9-28-20)13-24-23(26)30-14-22(27)25-18-7-5-15(2)11-16(18)3/h5-8,11-13H,4,9-10,14H2,1-3H3,(H,25,27). The highest BCUT2D eigenvalue weighted by atomic mass is 32.2. The molecule has 2 heterocycles. The topological polar surface area (TPSA) is 65.4 Å². The van der Waals surface area contributed by atoms with Crippen LogP contribution in [0.5, 0.6) is 11.5 Å². The van der Waals surface area contributed by atoms with Gasteiger partial charge in [-0.1, -0.05) is 29.5 Å². The lowest BCUT2D eigenvalue weighted by atomic mass is 10.1. The highest BCUT2D eigenvalue weighted by Crippen LogP contribution is 2.35. The second-order valence-electron chi connectivity index (χ2n) is 7.18. The van der Waals surface area contributed by atoms with Crippen molar-refractivity contribution in [3.05, 3.63) is 53.7 Å². The first-order valence-electron chi connectivity index (χ1n) is 10.0. The number of nitrogens with zero attached hydrogens (tertiary/aromatic N) is 2. The number of anilines is 1. The molecule has 0 bridgehead atoms. The van der Waals surface area contributed by atoms with E-state index in [4.69, 9.17) is 9.47 Å². The van der Waals surface area contributed by atoms with Crippen molar-refractivity contribution in [2.45, 2.75) is 32.5 Å². The summed E-state index contributed by atoms with van der Waals surface area (Å²) in [4.78, 5) is 17.0. The van der Waals surface area contributed by atoms with Gasteiger partial charge < -0.3 is 19.4 Å². The van der Waals surface area contributed by atoms with Gasteiger partial charge in [-0.2, -0.15) is 0 Å². The summed E-state index contributed by atoms with van der Waals surface area (Å²) >= 11 is 1.44. The molecule has 1 aliphatic rings. The minimum atomic E-state index is -0.0431. The fourth-order valence-electron chi connectivity index (χ4n) is 3.48. The van der Waals surface area contributed by atoms with Gasteiger partial charge in [-0.05, 0) is 50.6 Å². The van der Waals surface area contributed by atoms with Crippen molar-refractivity contribution in [2.75, 3.05) is 24.3 Å². The van der Waals surface area contributed by atoms with Crippen LogP contribution in [0.3, 0.4) is 0 Å². The van der Waals surface area contributed by atoms with Crippen molar-refractivity contribution in [1.29, 1.82) is 0 Å². The number of hydrogen-bond donors (Lipinski definition) is 1. The van der Waals surface area contributed by atoms with Crippen molar-refractivity contribution < 1.29 is 14.3 Å². The second-order valence-corrected chi connectivity index (χ2v) is 8.13. The molecule has 0 unspecified atom stereocenters. The first kappa shape index (κ1) is 20.3. The number of aryl methyl sites for hydroxylation is 2. The lowest BCUT2D eigenvalue weighted by molar-refractivity contribution is -0.113. The molecular weight excluding hydrogens is 398 g/mol. The van der Waals surface area contributed by atoms with Crippen LogP contribution < -0.4 is 14.8 Å². The van der Waals surface area contributed by atoms with E-state index in [0.717, 1.165) is 45.7 Å². The number of nitrogens with one attached hydrogen (secondary N) is 1. The molecule has 0 radical (unpaired) electrons. The maximum atomic E-state index is 12.5. The predicted molar refractivity (Wildman–Crippen MR) is 120 cm³/mol. The van der Waals surface area contributed by atoms with Gasteiger partial charge in [0, 0.05) is 17.8 Å². The van der Waals surface area contributed by atoms with Crippen molar-refractivity contribution in [1.82, 2.24) is 9.55 Å². The van der Waals surface area contributed by atoms with Crippen LogP contribution in [0.2, 0.25) is 0 Å². The highest BCUT2D eigenvalue weighted by molar-refractivity contribution is 7.99. The zero-order valence-electron chi connectivity index (χ0n) is 17.4. The third-order valence-electron chi connectivity index (χ3n) is 4.96. The largest absolute Gasteiger partial charge is 0.486 e. The van der Waals surface area contributed by atoms with Crippen molar-refractivity contribution in [3.63, 3.8) is 0 Å². The molecule has 0 saturated carbocycles. The normalized spacial score (nSPS) is 12.6. The molecule has 1 amide bonds. The summed E-state index contributed by atoms with van der Waals surface area (Å²) in [7, 11) is 0. The van der Waals surface area contributed by atoms with Crippen LogP contribution >= 0.6 is 11.8 Å². The van der Waals surface area contributed by atoms with Gasteiger partial charge in [0.15, 0.2) is 16.7 Å². The zero-order valence-corrected chi connectivity index (χ0v) is 18.2. The first-order valence-corrected chi connectivity index (χ1v) is 11.0. The minimum Gasteiger partial charge on any atom is -0.486 e. The van der Waals surface area contributed by atoms with Gasteiger partial charge in [0.05, 0.1) is 17.6 Å². The average molecular weight is 424 g/mol. The van der Waals surface area contributed by atoms with E-state index in [1.54, 1.807) is 0 Å². The van der Waals surface area contributed by atoms with Crippen LogP contribution in [-0.2, 0) is 11.3 Å². The quantitative estimate of drug-likeness (QED) is 0.583. The van der Waals surface area contributed by atoms with Crippen LogP contribution in [0.15, 0.2) is 47.8 Å². The molecule has 0 fully saturated rings. The van der Waals surface area contributed by atoms with Gasteiger partial charge in [-0.15, -0.1) is 0 Å². The van der Waals surface area contributed by atoms with Crippen LogP contribution in [-0.4, -0.2) is 34.4 Å². The number of hydrogen-bond acceptors (Lipinski definition) is 5. The van der Waals surface area contributed by atoms with Crippen LogP contribution in [0, 0.1) is 13.8 Å². The number of amides is 1. The summed E-state index contributed by atoms with van der Waals surface area (Å²) in [5.74, 6) is 1.78. The predicted octanol–water partition coefficient (Wildman–Crippen LogP) is 4.69. The molecule has 2 aromatic carbocycles. The molecule has 0 spiro atoms. The summed E-state index contributed by atoms with van der Waals surface area (Å²) in [5, 5.41) is 3.81. The summed E-state index contributed by atoms with van der Waals surface area (Å²) in [6.07, 6.45) is 1.85. The summed E-state index contributed by atoms with van der Waals surface area (Å²) in [6, 6.07) is 11.9. The molecule has 0 saturated heterocycles. The van der Waals surface area contributed by atoms with Gasteiger partial charge in [0.25, 0.3) is 0 Å². The number of thioether (sulfide) groups is 1. The second kappa shape index (κ2) is 8.83. The van der Waals surface area contributed by atoms with E-state index in [1.807, 2.05) is 50.4 Å². The fraction of sp³-hybridized carbons (Fsp3) is 0.304. The van der Waals surface area contributed by atoms with Crippen molar-refractivity contribution >= 4 is 23.4 Å². The molecule has 3 aromatic rings. The van der Waals surface area contributed by atoms with E-state index in [2.05, 4.69) is 27.9 Å². The van der Waals surface area contributed by atoms with E-state index in [-0.39, 0.29) is 5.91 Å². The number of imidazole rings is 1. The molecule has 7 heteroatoms.